The monoisotopic (exact) mass is 447 g/mol. The van der Waals surface area contributed by atoms with Gasteiger partial charge >= 0.3 is 5.97 Å². The number of fused-ring (bicyclic) bond motifs is 1. The average molecular weight is 447 g/mol. The van der Waals surface area contributed by atoms with E-state index in [1.54, 1.807) is 31.3 Å². The lowest BCUT2D eigenvalue weighted by atomic mass is 10.0. The van der Waals surface area contributed by atoms with Crippen molar-refractivity contribution in [3.63, 3.8) is 0 Å². The molecular weight excluding hydrogens is 426 g/mol. The summed E-state index contributed by atoms with van der Waals surface area (Å²) in [5.74, 6) is -0.0795. The molecule has 0 amide bonds. The van der Waals surface area contributed by atoms with Crippen molar-refractivity contribution in [2.45, 2.75) is 13.5 Å². The van der Waals surface area contributed by atoms with Crippen molar-refractivity contribution >= 4 is 22.6 Å². The zero-order valence-corrected chi connectivity index (χ0v) is 18.2. The predicted octanol–water partition coefficient (Wildman–Crippen LogP) is 4.74. The number of nitro benzene ring substituents is 1. The van der Waals surface area contributed by atoms with Crippen molar-refractivity contribution in [1.29, 1.82) is 0 Å². The van der Waals surface area contributed by atoms with Crippen LogP contribution >= 0.6 is 0 Å². The van der Waals surface area contributed by atoms with Crippen LogP contribution in [0.25, 0.3) is 22.0 Å². The van der Waals surface area contributed by atoms with Gasteiger partial charge in [0.2, 0.25) is 5.88 Å². The van der Waals surface area contributed by atoms with Crippen LogP contribution in [-0.2, 0) is 13.7 Å². The second-order valence-corrected chi connectivity index (χ2v) is 7.55. The van der Waals surface area contributed by atoms with Gasteiger partial charge in [0.25, 0.3) is 5.69 Å². The Morgan fingerprint density at radius 2 is 1.91 bits per heavy atom. The first-order valence-electron chi connectivity index (χ1n) is 10.0. The normalized spacial score (nSPS) is 10.9. The van der Waals surface area contributed by atoms with Gasteiger partial charge in [0.1, 0.15) is 17.9 Å². The maximum atomic E-state index is 11.6. The van der Waals surface area contributed by atoms with Gasteiger partial charge in [0.15, 0.2) is 0 Å². The Balaban J connectivity index is 1.81. The molecule has 0 aliphatic heterocycles. The molecule has 0 atom stereocenters. The van der Waals surface area contributed by atoms with Crippen molar-refractivity contribution in [1.82, 2.24) is 9.55 Å². The fraction of sp³-hybridized carbons (Fsp3) is 0.167. The number of carboxylic acid groups (broad SMARTS) is 1. The van der Waals surface area contributed by atoms with E-state index in [2.05, 4.69) is 4.98 Å². The molecule has 0 saturated heterocycles. The number of carbonyl (C=O) groups is 1. The summed E-state index contributed by atoms with van der Waals surface area (Å²) in [7, 11) is 3.39. The number of rotatable bonds is 7. The maximum Gasteiger partial charge on any atom is 0.335 e. The summed E-state index contributed by atoms with van der Waals surface area (Å²) in [5.41, 5.74) is 3.48. The van der Waals surface area contributed by atoms with Gasteiger partial charge in [0.05, 0.1) is 17.6 Å². The van der Waals surface area contributed by atoms with Crippen molar-refractivity contribution in [2.75, 3.05) is 7.11 Å². The zero-order chi connectivity index (χ0) is 23.7. The van der Waals surface area contributed by atoms with E-state index in [1.807, 2.05) is 23.9 Å². The molecule has 0 saturated carbocycles. The Kier molecular flexibility index (Phi) is 5.70. The van der Waals surface area contributed by atoms with Crippen LogP contribution in [0.5, 0.6) is 11.6 Å². The van der Waals surface area contributed by atoms with E-state index in [9.17, 15) is 14.9 Å². The third kappa shape index (κ3) is 4.08. The highest BCUT2D eigenvalue weighted by Gasteiger charge is 2.22. The molecule has 0 radical (unpaired) electrons. The highest BCUT2D eigenvalue weighted by atomic mass is 16.6. The highest BCUT2D eigenvalue weighted by Crippen LogP contribution is 2.41. The SMILES string of the molecule is COc1nccc2c(-c3cc([N+](=O)[O-])c(C)cc3OCc3ccc(C(=O)O)cc3)cn(C)c12. The molecule has 2 heterocycles. The Hall–Kier alpha value is -4.40. The highest BCUT2D eigenvalue weighted by molar-refractivity contribution is 6.00. The molecule has 0 spiro atoms. The number of benzene rings is 2. The van der Waals surface area contributed by atoms with Crippen LogP contribution in [0.4, 0.5) is 5.69 Å². The van der Waals surface area contributed by atoms with Crippen LogP contribution in [-0.4, -0.2) is 32.7 Å². The Morgan fingerprint density at radius 3 is 2.55 bits per heavy atom. The molecular formula is C24H21N3O6. The molecule has 0 fully saturated rings. The van der Waals surface area contributed by atoms with Gasteiger partial charge in [-0.2, -0.15) is 0 Å². The van der Waals surface area contributed by atoms with E-state index in [-0.39, 0.29) is 17.9 Å². The van der Waals surface area contributed by atoms with Crippen LogP contribution in [0.15, 0.2) is 54.9 Å². The number of aryl methyl sites for hydroxylation is 2. The standard InChI is InChI=1S/C24H21N3O6/c1-14-10-21(33-13-15-4-6-16(7-5-15)24(28)29)18(11-20(14)27(30)31)19-12-26(2)22-17(19)8-9-25-23(22)32-3/h4-12H,13H2,1-3H3,(H,28,29). The van der Waals surface area contributed by atoms with Crippen LogP contribution in [0.2, 0.25) is 0 Å². The zero-order valence-electron chi connectivity index (χ0n) is 18.2. The maximum absolute atomic E-state index is 11.6. The molecule has 2 aromatic heterocycles. The van der Waals surface area contributed by atoms with Gasteiger partial charge < -0.3 is 19.1 Å². The molecule has 0 unspecified atom stereocenters. The minimum atomic E-state index is -1.00. The number of hydrogen-bond acceptors (Lipinski definition) is 6. The summed E-state index contributed by atoms with van der Waals surface area (Å²) in [6, 6.07) is 11.4. The summed E-state index contributed by atoms with van der Waals surface area (Å²) in [6.45, 7) is 1.83. The van der Waals surface area contributed by atoms with Crippen molar-refractivity contribution in [3.05, 3.63) is 81.7 Å². The molecule has 0 aliphatic carbocycles. The summed E-state index contributed by atoms with van der Waals surface area (Å²) < 4.78 is 13.3. The molecule has 4 rings (SSSR count). The van der Waals surface area contributed by atoms with Crippen molar-refractivity contribution < 1.29 is 24.3 Å². The lowest BCUT2D eigenvalue weighted by molar-refractivity contribution is -0.385. The van der Waals surface area contributed by atoms with Gasteiger partial charge in [-0.25, -0.2) is 9.78 Å². The molecule has 9 nitrogen and oxygen atoms in total. The van der Waals surface area contributed by atoms with E-state index in [0.717, 1.165) is 22.0 Å². The second kappa shape index (κ2) is 8.62. The number of nitro groups is 1. The molecule has 2 aromatic carbocycles. The van der Waals surface area contributed by atoms with Crippen molar-refractivity contribution in [3.8, 4) is 22.8 Å². The first-order valence-corrected chi connectivity index (χ1v) is 10.0. The number of pyridine rings is 1. The molecule has 9 heteroatoms. The number of methoxy groups -OCH3 is 1. The summed E-state index contributed by atoms with van der Waals surface area (Å²) >= 11 is 0. The summed E-state index contributed by atoms with van der Waals surface area (Å²) in [5, 5.41) is 21.5. The van der Waals surface area contributed by atoms with Crippen LogP contribution < -0.4 is 9.47 Å². The summed E-state index contributed by atoms with van der Waals surface area (Å²) in [4.78, 5) is 26.5. The topological polar surface area (TPSA) is 117 Å². The third-order valence-corrected chi connectivity index (χ3v) is 5.43. The van der Waals surface area contributed by atoms with E-state index in [0.29, 0.717) is 22.8 Å². The number of carboxylic acids is 1. The van der Waals surface area contributed by atoms with Gasteiger partial charge in [-0.05, 0) is 36.8 Å². The quantitative estimate of drug-likeness (QED) is 0.321. The average Bonchev–Trinajstić information content (AvgIpc) is 3.14. The smallest absolute Gasteiger partial charge is 0.335 e. The van der Waals surface area contributed by atoms with Crippen LogP contribution in [0, 0.1) is 17.0 Å². The Morgan fingerprint density at radius 1 is 1.18 bits per heavy atom. The van der Waals surface area contributed by atoms with Crippen LogP contribution in [0.3, 0.4) is 0 Å². The van der Waals surface area contributed by atoms with E-state index in [4.69, 9.17) is 14.6 Å². The van der Waals surface area contributed by atoms with Gasteiger partial charge in [-0.1, -0.05) is 12.1 Å². The van der Waals surface area contributed by atoms with Gasteiger partial charge in [0, 0.05) is 47.6 Å². The van der Waals surface area contributed by atoms with E-state index >= 15 is 0 Å². The molecule has 0 bridgehead atoms. The number of ether oxygens (including phenoxy) is 2. The minimum Gasteiger partial charge on any atom is -0.488 e. The Labute approximate surface area is 189 Å². The van der Waals surface area contributed by atoms with Crippen molar-refractivity contribution in [2.24, 2.45) is 7.05 Å². The second-order valence-electron chi connectivity index (χ2n) is 7.55. The minimum absolute atomic E-state index is 0.0128. The first-order chi connectivity index (χ1) is 15.8. The van der Waals surface area contributed by atoms with E-state index in [1.165, 1.54) is 25.3 Å². The fourth-order valence-electron chi connectivity index (χ4n) is 3.79. The predicted molar refractivity (Wildman–Crippen MR) is 122 cm³/mol. The first kappa shape index (κ1) is 21.8. The Bertz CT molecular complexity index is 1380. The number of aromatic carboxylic acids is 1. The number of aromatic nitrogens is 2. The van der Waals surface area contributed by atoms with E-state index < -0.39 is 10.9 Å². The number of hydrogen-bond donors (Lipinski definition) is 1. The van der Waals surface area contributed by atoms with Crippen LogP contribution in [0.1, 0.15) is 21.5 Å². The fourth-order valence-corrected chi connectivity index (χ4v) is 3.79. The van der Waals surface area contributed by atoms with Gasteiger partial charge in [-0.3, -0.25) is 10.1 Å². The molecule has 168 valence electrons. The molecule has 0 aliphatic rings. The number of nitrogens with zero attached hydrogens (tertiary/aromatic N) is 3. The third-order valence-electron chi connectivity index (χ3n) is 5.43. The largest absolute Gasteiger partial charge is 0.488 e. The molecule has 1 N–H and O–H groups in total. The lowest BCUT2D eigenvalue weighted by Gasteiger charge is -2.13. The molecule has 4 aromatic rings. The lowest BCUT2D eigenvalue weighted by Crippen LogP contribution is -2.01. The van der Waals surface area contributed by atoms with Gasteiger partial charge in [-0.15, -0.1) is 0 Å². The molecule has 33 heavy (non-hydrogen) atoms. The summed E-state index contributed by atoms with van der Waals surface area (Å²) in [6.07, 6.45) is 3.48.